The number of para-hydroxylation sites is 1. The van der Waals surface area contributed by atoms with Crippen LogP contribution < -0.4 is 19.5 Å². The number of methoxy groups -OCH3 is 2. The van der Waals surface area contributed by atoms with Crippen molar-refractivity contribution in [3.63, 3.8) is 0 Å². The summed E-state index contributed by atoms with van der Waals surface area (Å²) in [6, 6.07) is 18.1. The van der Waals surface area contributed by atoms with Gasteiger partial charge < -0.3 is 24.3 Å². The van der Waals surface area contributed by atoms with Crippen LogP contribution in [0.15, 0.2) is 60.8 Å². The van der Waals surface area contributed by atoms with Crippen LogP contribution in [0.4, 0.5) is 5.82 Å². The van der Waals surface area contributed by atoms with E-state index in [4.69, 9.17) is 18.9 Å². The highest BCUT2D eigenvalue weighted by atomic mass is 16.7. The number of hydrogen-bond donors (Lipinski definition) is 1. The van der Waals surface area contributed by atoms with Crippen molar-refractivity contribution in [3.8, 4) is 17.2 Å². The van der Waals surface area contributed by atoms with Crippen LogP contribution in [-0.2, 0) is 14.9 Å². The van der Waals surface area contributed by atoms with Gasteiger partial charge in [-0.05, 0) is 67.6 Å². The average molecular weight is 516 g/mol. The molecule has 1 amide bonds. The van der Waals surface area contributed by atoms with Crippen LogP contribution >= 0.6 is 0 Å². The van der Waals surface area contributed by atoms with Crippen LogP contribution in [-0.4, -0.2) is 56.0 Å². The number of nitrogens with zero attached hydrogens (tertiary/aromatic N) is 2. The Bertz CT molecular complexity index is 1310. The van der Waals surface area contributed by atoms with Gasteiger partial charge in [0.15, 0.2) is 11.5 Å². The van der Waals surface area contributed by atoms with Gasteiger partial charge in [-0.15, -0.1) is 0 Å². The van der Waals surface area contributed by atoms with E-state index in [1.54, 1.807) is 14.2 Å². The summed E-state index contributed by atoms with van der Waals surface area (Å²) in [5.74, 6) is 2.76. The zero-order valence-electron chi connectivity index (χ0n) is 21.8. The third kappa shape index (κ3) is 4.48. The lowest BCUT2D eigenvalue weighted by molar-refractivity contribution is -0.118. The van der Waals surface area contributed by atoms with Crippen molar-refractivity contribution < 1.29 is 23.7 Å². The van der Waals surface area contributed by atoms with Gasteiger partial charge >= 0.3 is 0 Å². The van der Waals surface area contributed by atoms with Crippen molar-refractivity contribution in [2.24, 2.45) is 0 Å². The van der Waals surface area contributed by atoms with Gasteiger partial charge in [-0.1, -0.05) is 30.3 Å². The number of carbonyl (C=O) groups excluding carboxylic acids is 1. The van der Waals surface area contributed by atoms with Gasteiger partial charge in [-0.25, -0.2) is 4.98 Å². The molecular weight excluding hydrogens is 482 g/mol. The Morgan fingerprint density at radius 2 is 1.97 bits per heavy atom. The van der Waals surface area contributed by atoms with E-state index in [1.807, 2.05) is 48.7 Å². The minimum absolute atomic E-state index is 0.0329. The van der Waals surface area contributed by atoms with Crippen LogP contribution in [0.3, 0.4) is 0 Å². The normalized spacial score (nSPS) is 20.2. The predicted octanol–water partition coefficient (Wildman–Crippen LogP) is 4.69. The summed E-state index contributed by atoms with van der Waals surface area (Å²) in [6.45, 7) is 1.86. The average Bonchev–Trinajstić information content (AvgIpc) is 3.42. The number of fused-ring (bicyclic) bond motifs is 1. The fraction of sp³-hybridized carbons (Fsp3) is 0.400. The van der Waals surface area contributed by atoms with E-state index in [0.29, 0.717) is 24.2 Å². The topological polar surface area (TPSA) is 82.2 Å². The van der Waals surface area contributed by atoms with E-state index in [-0.39, 0.29) is 18.7 Å². The van der Waals surface area contributed by atoms with Gasteiger partial charge in [0.2, 0.25) is 12.7 Å². The number of hydrogen-bond acceptors (Lipinski definition) is 7. The van der Waals surface area contributed by atoms with E-state index in [0.717, 1.165) is 60.4 Å². The van der Waals surface area contributed by atoms with Crippen molar-refractivity contribution in [3.05, 3.63) is 77.5 Å². The molecule has 198 valence electrons. The van der Waals surface area contributed by atoms with Crippen LogP contribution in [0, 0.1) is 0 Å². The molecule has 1 saturated heterocycles. The molecule has 1 saturated carbocycles. The highest BCUT2D eigenvalue weighted by molar-refractivity contribution is 6.01. The van der Waals surface area contributed by atoms with Crippen molar-refractivity contribution >= 4 is 11.7 Å². The molecule has 0 spiro atoms. The summed E-state index contributed by atoms with van der Waals surface area (Å²) in [5, 5.41) is 3.06. The zero-order valence-corrected chi connectivity index (χ0v) is 21.8. The van der Waals surface area contributed by atoms with Gasteiger partial charge in [-0.2, -0.15) is 0 Å². The first kappa shape index (κ1) is 24.7. The first-order chi connectivity index (χ1) is 18.6. The molecule has 3 aromatic rings. The summed E-state index contributed by atoms with van der Waals surface area (Å²) >= 11 is 0. The molecule has 3 aliphatic rings. The summed E-state index contributed by atoms with van der Waals surface area (Å²) < 4.78 is 22.2. The van der Waals surface area contributed by atoms with E-state index in [2.05, 4.69) is 27.3 Å². The van der Waals surface area contributed by atoms with Gasteiger partial charge in [0.05, 0.1) is 25.2 Å². The van der Waals surface area contributed by atoms with E-state index >= 15 is 0 Å². The molecule has 0 bridgehead atoms. The molecule has 1 N–H and O–H groups in total. The van der Waals surface area contributed by atoms with E-state index < -0.39 is 5.41 Å². The third-order valence-electron chi connectivity index (χ3n) is 8.00. The first-order valence-electron chi connectivity index (χ1n) is 13.2. The summed E-state index contributed by atoms with van der Waals surface area (Å²) in [4.78, 5) is 20.5. The molecule has 6 rings (SSSR count). The molecule has 3 heterocycles. The number of aromatic nitrogens is 1. The largest absolute Gasteiger partial charge is 0.496 e. The first-order valence-corrected chi connectivity index (χ1v) is 13.2. The Labute approximate surface area is 222 Å². The van der Waals surface area contributed by atoms with Crippen molar-refractivity contribution in [2.75, 3.05) is 39.5 Å². The second-order valence-electron chi connectivity index (χ2n) is 10.2. The molecule has 1 aliphatic carbocycles. The molecule has 0 radical (unpaired) electrons. The lowest BCUT2D eigenvalue weighted by atomic mass is 9.94. The molecule has 38 heavy (non-hydrogen) atoms. The maximum Gasteiger partial charge on any atom is 0.236 e. The van der Waals surface area contributed by atoms with Gasteiger partial charge in [-0.3, -0.25) is 9.69 Å². The summed E-state index contributed by atoms with van der Waals surface area (Å²) in [5.41, 5.74) is 2.54. The standard InChI is InChI=1S/C30H33N3O5/c1-35-18-22-6-5-15-33(22)28(23-7-3-4-8-24(23)36-2)20-9-12-27(31-17-20)32-29(34)30(13-14-30)21-10-11-25-26(16-21)38-19-37-25/h3-4,7-12,16-17,22,28H,5-6,13-15,18-19H2,1-2H3,(H,31,32,34). The Morgan fingerprint density at radius 3 is 2.74 bits per heavy atom. The number of benzene rings is 2. The SMILES string of the molecule is COCC1CCCN1C(c1ccc(NC(=O)C2(c3ccc4c(c3)OCO4)CC2)nc1)c1ccccc1OC. The Balaban J connectivity index is 1.25. The number of anilines is 1. The quantitative estimate of drug-likeness (QED) is 0.443. The van der Waals surface area contributed by atoms with Crippen molar-refractivity contribution in [2.45, 2.75) is 43.2 Å². The van der Waals surface area contributed by atoms with Crippen LogP contribution in [0.5, 0.6) is 17.2 Å². The van der Waals surface area contributed by atoms with Crippen molar-refractivity contribution in [1.82, 2.24) is 9.88 Å². The molecule has 2 aromatic carbocycles. The second kappa shape index (κ2) is 10.3. The highest BCUT2D eigenvalue weighted by Gasteiger charge is 2.51. The fourth-order valence-corrected chi connectivity index (χ4v) is 5.85. The van der Waals surface area contributed by atoms with Crippen LogP contribution in [0.2, 0.25) is 0 Å². The molecule has 2 atom stereocenters. The van der Waals surface area contributed by atoms with E-state index in [1.165, 1.54) is 0 Å². The number of likely N-dealkylation sites (tertiary alicyclic amines) is 1. The molecule has 1 aromatic heterocycles. The van der Waals surface area contributed by atoms with Gasteiger partial charge in [0, 0.05) is 24.9 Å². The number of amides is 1. The van der Waals surface area contributed by atoms with Crippen LogP contribution in [0.25, 0.3) is 0 Å². The number of pyridine rings is 1. The molecule has 2 unspecified atom stereocenters. The maximum atomic E-state index is 13.4. The highest BCUT2D eigenvalue weighted by Crippen LogP contribution is 2.51. The Kier molecular flexibility index (Phi) is 6.68. The Morgan fingerprint density at radius 1 is 1.13 bits per heavy atom. The van der Waals surface area contributed by atoms with Crippen LogP contribution in [0.1, 0.15) is 48.4 Å². The maximum absolute atomic E-state index is 13.4. The number of nitrogens with one attached hydrogen (secondary N) is 1. The van der Waals surface area contributed by atoms with Gasteiger partial charge in [0.1, 0.15) is 11.6 Å². The number of rotatable bonds is 9. The molecular formula is C30H33N3O5. The molecule has 8 nitrogen and oxygen atoms in total. The monoisotopic (exact) mass is 515 g/mol. The summed E-state index contributed by atoms with van der Waals surface area (Å²) in [6.07, 6.45) is 5.66. The van der Waals surface area contributed by atoms with Crippen molar-refractivity contribution in [1.29, 1.82) is 0 Å². The molecule has 8 heteroatoms. The van der Waals surface area contributed by atoms with E-state index in [9.17, 15) is 4.79 Å². The molecule has 2 aliphatic heterocycles. The van der Waals surface area contributed by atoms with Gasteiger partial charge in [0.25, 0.3) is 0 Å². The minimum atomic E-state index is -0.551. The number of carbonyl (C=O) groups is 1. The Hall–Kier alpha value is -3.62. The lowest BCUT2D eigenvalue weighted by Crippen LogP contribution is -2.37. The second-order valence-corrected chi connectivity index (χ2v) is 10.2. The lowest BCUT2D eigenvalue weighted by Gasteiger charge is -2.34. The smallest absolute Gasteiger partial charge is 0.236 e. The predicted molar refractivity (Wildman–Crippen MR) is 143 cm³/mol. The zero-order chi connectivity index (χ0) is 26.1. The minimum Gasteiger partial charge on any atom is -0.496 e. The fourth-order valence-electron chi connectivity index (χ4n) is 5.85. The third-order valence-corrected chi connectivity index (χ3v) is 8.00. The summed E-state index contributed by atoms with van der Waals surface area (Å²) in [7, 11) is 3.46. The number of ether oxygens (including phenoxy) is 4. The molecule has 2 fully saturated rings.